The third-order valence-electron chi connectivity index (χ3n) is 5.09. The van der Waals surface area contributed by atoms with E-state index >= 15 is 0 Å². The van der Waals surface area contributed by atoms with Crippen molar-refractivity contribution in [2.24, 2.45) is 0 Å². The second-order valence-corrected chi connectivity index (χ2v) is 9.25. The number of hydrogen-bond acceptors (Lipinski definition) is 4. The summed E-state index contributed by atoms with van der Waals surface area (Å²) in [6, 6.07) is 8.22. The molecule has 0 saturated carbocycles. The molecule has 0 N–H and O–H groups in total. The lowest BCUT2D eigenvalue weighted by atomic mass is 10.1. The molecule has 1 aliphatic rings. The second-order valence-electron chi connectivity index (χ2n) is 7.68. The van der Waals surface area contributed by atoms with Gasteiger partial charge in [0.15, 0.2) is 0 Å². The number of unbranched alkanes of at least 4 members (excludes halogenated alkanes) is 6. The van der Waals surface area contributed by atoms with Gasteiger partial charge < -0.3 is 4.74 Å². The van der Waals surface area contributed by atoms with Gasteiger partial charge in [0.1, 0.15) is 12.2 Å². The van der Waals surface area contributed by atoms with E-state index in [0.717, 1.165) is 12.8 Å². The quantitative estimate of drug-likeness (QED) is 0.147. The molecule has 5 heteroatoms. The van der Waals surface area contributed by atoms with Crippen molar-refractivity contribution in [1.29, 1.82) is 0 Å². The van der Waals surface area contributed by atoms with Crippen LogP contribution in [-0.4, -0.2) is 26.7 Å². The molecule has 1 fully saturated rings. The first-order valence-electron chi connectivity index (χ1n) is 11.0. The van der Waals surface area contributed by atoms with E-state index in [1.165, 1.54) is 57.1 Å². The third-order valence-corrected chi connectivity index (χ3v) is 6.50. The summed E-state index contributed by atoms with van der Waals surface area (Å²) in [5.41, 5.74) is 0. The largest absolute Gasteiger partial charge is 0.366 e. The molecule has 0 spiro atoms. The molecule has 3 atom stereocenters. The van der Waals surface area contributed by atoms with Crippen molar-refractivity contribution >= 4 is 10.1 Å². The summed E-state index contributed by atoms with van der Waals surface area (Å²) >= 11 is 0. The third kappa shape index (κ3) is 9.28. The number of allylic oxidation sites excluding steroid dienone is 3. The summed E-state index contributed by atoms with van der Waals surface area (Å²) in [6.07, 6.45) is 19.0. The summed E-state index contributed by atoms with van der Waals surface area (Å²) in [5, 5.41) is 0. The average molecular weight is 421 g/mol. The fraction of sp³-hybridized carbons (Fsp3) is 0.583. The first-order valence-corrected chi connectivity index (χ1v) is 12.4. The number of rotatable bonds is 15. The van der Waals surface area contributed by atoms with Gasteiger partial charge >= 0.3 is 0 Å². The van der Waals surface area contributed by atoms with Crippen molar-refractivity contribution in [3.8, 4) is 0 Å². The SMILES string of the molecule is CCCCCCCC/C=C\C/C=C\C[C@@H]1O[C@H]1C(C)OS(=O)(=O)c1ccccc1. The van der Waals surface area contributed by atoms with Gasteiger partial charge in [-0.15, -0.1) is 0 Å². The van der Waals surface area contributed by atoms with Crippen molar-refractivity contribution < 1.29 is 17.3 Å². The van der Waals surface area contributed by atoms with Gasteiger partial charge in [-0.3, -0.25) is 4.18 Å². The molecule has 1 unspecified atom stereocenters. The van der Waals surface area contributed by atoms with Gasteiger partial charge in [-0.2, -0.15) is 8.42 Å². The van der Waals surface area contributed by atoms with Crippen LogP contribution in [0, 0.1) is 0 Å². The molecule has 1 saturated heterocycles. The molecule has 0 amide bonds. The summed E-state index contributed by atoms with van der Waals surface area (Å²) in [7, 11) is -3.74. The van der Waals surface area contributed by atoms with Crippen molar-refractivity contribution in [2.75, 3.05) is 0 Å². The molecule has 2 rings (SSSR count). The number of epoxide rings is 1. The summed E-state index contributed by atoms with van der Waals surface area (Å²) in [5.74, 6) is 0. The van der Waals surface area contributed by atoms with Gasteiger partial charge in [-0.25, -0.2) is 0 Å². The monoisotopic (exact) mass is 420 g/mol. The summed E-state index contributed by atoms with van der Waals surface area (Å²) < 4.78 is 35.4. The highest BCUT2D eigenvalue weighted by molar-refractivity contribution is 7.86. The molecule has 1 aliphatic heterocycles. The van der Waals surface area contributed by atoms with Crippen LogP contribution in [0.5, 0.6) is 0 Å². The molecular weight excluding hydrogens is 384 g/mol. The predicted octanol–water partition coefficient (Wildman–Crippen LogP) is 6.19. The molecule has 0 bridgehead atoms. The van der Waals surface area contributed by atoms with Crippen molar-refractivity contribution in [2.45, 2.75) is 94.8 Å². The Balaban J connectivity index is 1.56. The molecule has 4 nitrogen and oxygen atoms in total. The topological polar surface area (TPSA) is 55.9 Å². The molecule has 0 aromatic heterocycles. The Kier molecular flexibility index (Phi) is 10.7. The maximum absolute atomic E-state index is 12.3. The smallest absolute Gasteiger partial charge is 0.297 e. The maximum atomic E-state index is 12.3. The van der Waals surface area contributed by atoms with E-state index in [9.17, 15) is 8.42 Å². The molecular formula is C24H36O4S. The van der Waals surface area contributed by atoms with Gasteiger partial charge in [-0.1, -0.05) is 81.5 Å². The number of ether oxygens (including phenoxy) is 1. The molecule has 29 heavy (non-hydrogen) atoms. The van der Waals surface area contributed by atoms with Gasteiger partial charge in [0.25, 0.3) is 10.1 Å². The summed E-state index contributed by atoms with van der Waals surface area (Å²) in [6.45, 7) is 4.00. The van der Waals surface area contributed by atoms with E-state index in [1.807, 2.05) is 0 Å². The Morgan fingerprint density at radius 2 is 1.69 bits per heavy atom. The van der Waals surface area contributed by atoms with Crippen LogP contribution >= 0.6 is 0 Å². The molecule has 1 aromatic rings. The van der Waals surface area contributed by atoms with Crippen LogP contribution in [-0.2, 0) is 19.0 Å². The molecule has 0 aliphatic carbocycles. The maximum Gasteiger partial charge on any atom is 0.297 e. The zero-order valence-corrected chi connectivity index (χ0v) is 18.6. The van der Waals surface area contributed by atoms with Crippen molar-refractivity contribution in [3.63, 3.8) is 0 Å². The Morgan fingerprint density at radius 3 is 2.45 bits per heavy atom. The van der Waals surface area contributed by atoms with E-state index in [4.69, 9.17) is 8.92 Å². The Morgan fingerprint density at radius 1 is 1.00 bits per heavy atom. The minimum Gasteiger partial charge on any atom is -0.366 e. The minimum atomic E-state index is -3.74. The van der Waals surface area contributed by atoms with E-state index in [0.29, 0.717) is 0 Å². The van der Waals surface area contributed by atoms with E-state index < -0.39 is 16.2 Å². The van der Waals surface area contributed by atoms with E-state index in [2.05, 4.69) is 31.2 Å². The molecule has 1 heterocycles. The lowest BCUT2D eigenvalue weighted by molar-refractivity contribution is 0.182. The van der Waals surface area contributed by atoms with Crippen molar-refractivity contribution in [1.82, 2.24) is 0 Å². The van der Waals surface area contributed by atoms with Crippen LogP contribution in [0.3, 0.4) is 0 Å². The standard InChI is InChI=1S/C24H36O4S/c1-3-4-5-6-7-8-9-10-11-12-13-17-20-23-24(27-23)21(2)28-29(25,26)22-18-15-14-16-19-22/h10-11,13-19,21,23-24H,3-9,12,20H2,1-2H3/b11-10-,17-13-/t21?,23-,24-/m0/s1. The number of hydrogen-bond donors (Lipinski definition) is 0. The van der Waals surface area contributed by atoms with Gasteiger partial charge in [-0.05, 0) is 44.7 Å². The Bertz CT molecular complexity index is 725. The van der Waals surface area contributed by atoms with Crippen LogP contribution in [0.4, 0.5) is 0 Å². The highest BCUT2D eigenvalue weighted by Crippen LogP contribution is 2.31. The lowest BCUT2D eigenvalue weighted by Gasteiger charge is -2.10. The van der Waals surface area contributed by atoms with Crippen LogP contribution < -0.4 is 0 Å². The van der Waals surface area contributed by atoms with E-state index in [-0.39, 0.29) is 17.1 Å². The zero-order chi connectivity index (χ0) is 21.0. The first kappa shape index (κ1) is 23.8. The minimum absolute atomic E-state index is 0.0410. The zero-order valence-electron chi connectivity index (χ0n) is 17.8. The highest BCUT2D eigenvalue weighted by atomic mass is 32.2. The van der Waals surface area contributed by atoms with Crippen molar-refractivity contribution in [3.05, 3.63) is 54.6 Å². The molecule has 162 valence electrons. The van der Waals surface area contributed by atoms with E-state index in [1.54, 1.807) is 25.1 Å². The average Bonchev–Trinajstić information content (AvgIpc) is 3.49. The second kappa shape index (κ2) is 13.0. The van der Waals surface area contributed by atoms with Crippen LogP contribution in [0.25, 0.3) is 0 Å². The highest BCUT2D eigenvalue weighted by Gasteiger charge is 2.44. The lowest BCUT2D eigenvalue weighted by Crippen LogP contribution is -2.22. The number of benzene rings is 1. The summed E-state index contributed by atoms with van der Waals surface area (Å²) in [4.78, 5) is 0.177. The fourth-order valence-corrected chi connectivity index (χ4v) is 4.43. The van der Waals surface area contributed by atoms with Crippen LogP contribution in [0.2, 0.25) is 0 Å². The Labute approximate surface area is 177 Å². The van der Waals surface area contributed by atoms with Gasteiger partial charge in [0, 0.05) is 0 Å². The van der Waals surface area contributed by atoms with Crippen LogP contribution in [0.1, 0.15) is 71.6 Å². The first-order chi connectivity index (χ1) is 14.0. The predicted molar refractivity (Wildman–Crippen MR) is 118 cm³/mol. The normalized spacial score (nSPS) is 20.5. The Hall–Kier alpha value is -1.43. The van der Waals surface area contributed by atoms with Gasteiger partial charge in [0.05, 0.1) is 11.0 Å². The van der Waals surface area contributed by atoms with Gasteiger partial charge in [0.2, 0.25) is 0 Å². The van der Waals surface area contributed by atoms with Crippen LogP contribution in [0.15, 0.2) is 59.5 Å². The molecule has 1 aromatic carbocycles. The fourth-order valence-electron chi connectivity index (χ4n) is 3.32. The molecule has 0 radical (unpaired) electrons.